The Morgan fingerprint density at radius 1 is 1.32 bits per heavy atom. The normalized spacial score (nSPS) is 12.6. The minimum atomic E-state index is -0.0579. The molecule has 0 saturated carbocycles. The number of nitrogens with two attached hydrogens (primary N) is 1. The molecule has 1 aromatic heterocycles. The number of carbonyl (C=O) groups excluding carboxylic acids is 1. The molecule has 5 heteroatoms. The van der Waals surface area contributed by atoms with Crippen LogP contribution < -0.4 is 15.8 Å². The molecule has 114 valence electrons. The summed E-state index contributed by atoms with van der Waals surface area (Å²) in [5.41, 5.74) is 8.48. The first-order valence-electron chi connectivity index (χ1n) is 7.49. The molecule has 3 rings (SSSR count). The summed E-state index contributed by atoms with van der Waals surface area (Å²) in [4.78, 5) is 16.3. The second-order valence-electron chi connectivity index (χ2n) is 5.27. The predicted octanol–water partition coefficient (Wildman–Crippen LogP) is 2.36. The van der Waals surface area contributed by atoms with Crippen molar-refractivity contribution in [1.82, 2.24) is 4.98 Å². The zero-order valence-electron chi connectivity index (χ0n) is 12.3. The van der Waals surface area contributed by atoms with Crippen LogP contribution in [0.5, 0.6) is 5.75 Å². The zero-order valence-corrected chi connectivity index (χ0v) is 12.3. The molecule has 1 aliphatic heterocycles. The molecule has 0 radical (unpaired) electrons. The lowest BCUT2D eigenvalue weighted by Gasteiger charge is -2.07. The number of benzene rings is 1. The van der Waals surface area contributed by atoms with Gasteiger partial charge in [-0.15, -0.1) is 0 Å². The SMILES string of the molecule is NCCCC(=O)Nc1cccc(-c2ccc3c(c2)CCO3)n1. The Labute approximate surface area is 129 Å². The third kappa shape index (κ3) is 3.26. The van der Waals surface area contributed by atoms with Gasteiger partial charge >= 0.3 is 0 Å². The molecule has 1 amide bonds. The number of amides is 1. The lowest BCUT2D eigenvalue weighted by Crippen LogP contribution is -2.14. The smallest absolute Gasteiger partial charge is 0.225 e. The van der Waals surface area contributed by atoms with Crippen molar-refractivity contribution in [2.45, 2.75) is 19.3 Å². The second-order valence-corrected chi connectivity index (χ2v) is 5.27. The highest BCUT2D eigenvalue weighted by Gasteiger charge is 2.13. The molecule has 1 aromatic carbocycles. The van der Waals surface area contributed by atoms with Gasteiger partial charge in [-0.3, -0.25) is 4.79 Å². The van der Waals surface area contributed by atoms with Crippen molar-refractivity contribution in [2.75, 3.05) is 18.5 Å². The number of anilines is 1. The van der Waals surface area contributed by atoms with Crippen molar-refractivity contribution in [3.63, 3.8) is 0 Å². The number of ether oxygens (including phenoxy) is 1. The highest BCUT2D eigenvalue weighted by atomic mass is 16.5. The molecule has 5 nitrogen and oxygen atoms in total. The van der Waals surface area contributed by atoms with Crippen molar-refractivity contribution in [3.05, 3.63) is 42.0 Å². The van der Waals surface area contributed by atoms with E-state index in [1.165, 1.54) is 5.56 Å². The number of aromatic nitrogens is 1. The predicted molar refractivity (Wildman–Crippen MR) is 85.8 cm³/mol. The number of carbonyl (C=O) groups is 1. The Morgan fingerprint density at radius 2 is 2.23 bits per heavy atom. The molecular formula is C17H19N3O2. The minimum Gasteiger partial charge on any atom is -0.493 e. The van der Waals surface area contributed by atoms with E-state index in [2.05, 4.69) is 16.4 Å². The van der Waals surface area contributed by atoms with E-state index >= 15 is 0 Å². The third-order valence-electron chi connectivity index (χ3n) is 3.61. The highest BCUT2D eigenvalue weighted by molar-refractivity contribution is 5.90. The number of hydrogen-bond acceptors (Lipinski definition) is 4. The topological polar surface area (TPSA) is 77.2 Å². The molecule has 22 heavy (non-hydrogen) atoms. The first-order chi connectivity index (χ1) is 10.8. The van der Waals surface area contributed by atoms with E-state index in [9.17, 15) is 4.79 Å². The molecule has 0 spiro atoms. The fourth-order valence-electron chi connectivity index (χ4n) is 2.48. The van der Waals surface area contributed by atoms with E-state index < -0.39 is 0 Å². The minimum absolute atomic E-state index is 0.0579. The fourth-order valence-corrected chi connectivity index (χ4v) is 2.48. The molecule has 1 aliphatic rings. The van der Waals surface area contributed by atoms with E-state index in [-0.39, 0.29) is 5.91 Å². The van der Waals surface area contributed by atoms with Crippen LogP contribution in [-0.4, -0.2) is 24.0 Å². The van der Waals surface area contributed by atoms with Gasteiger partial charge in [0.15, 0.2) is 0 Å². The van der Waals surface area contributed by atoms with Gasteiger partial charge in [-0.1, -0.05) is 6.07 Å². The summed E-state index contributed by atoms with van der Waals surface area (Å²) in [5.74, 6) is 1.46. The quantitative estimate of drug-likeness (QED) is 0.888. The Bertz CT molecular complexity index is 685. The van der Waals surface area contributed by atoms with Crippen molar-refractivity contribution in [1.29, 1.82) is 0 Å². The van der Waals surface area contributed by atoms with E-state index in [4.69, 9.17) is 10.5 Å². The summed E-state index contributed by atoms with van der Waals surface area (Å²) in [7, 11) is 0. The number of pyridine rings is 1. The van der Waals surface area contributed by atoms with Gasteiger partial charge in [0, 0.05) is 18.4 Å². The molecular weight excluding hydrogens is 278 g/mol. The average Bonchev–Trinajstić information content (AvgIpc) is 3.00. The number of nitrogens with zero attached hydrogens (tertiary/aromatic N) is 1. The molecule has 3 N–H and O–H groups in total. The number of nitrogens with one attached hydrogen (secondary N) is 1. The molecule has 0 saturated heterocycles. The number of fused-ring (bicyclic) bond motifs is 1. The Balaban J connectivity index is 1.77. The Morgan fingerprint density at radius 3 is 3.09 bits per heavy atom. The summed E-state index contributed by atoms with van der Waals surface area (Å²) >= 11 is 0. The highest BCUT2D eigenvalue weighted by Crippen LogP contribution is 2.30. The van der Waals surface area contributed by atoms with Crippen LogP contribution in [0.3, 0.4) is 0 Å². The van der Waals surface area contributed by atoms with Gasteiger partial charge < -0.3 is 15.8 Å². The van der Waals surface area contributed by atoms with Crippen molar-refractivity contribution >= 4 is 11.7 Å². The van der Waals surface area contributed by atoms with E-state index in [1.54, 1.807) is 6.07 Å². The van der Waals surface area contributed by atoms with Gasteiger partial charge in [0.25, 0.3) is 0 Å². The standard InChI is InChI=1S/C17H19N3O2/c18-9-2-5-17(21)20-16-4-1-3-14(19-16)12-6-7-15-13(11-12)8-10-22-15/h1,3-4,6-7,11H,2,5,8-10,18H2,(H,19,20,21). The summed E-state index contributed by atoms with van der Waals surface area (Å²) < 4.78 is 5.52. The molecule has 2 aromatic rings. The summed E-state index contributed by atoms with van der Waals surface area (Å²) in [5, 5.41) is 2.81. The Kier molecular flexibility index (Phi) is 4.34. The average molecular weight is 297 g/mol. The van der Waals surface area contributed by atoms with Gasteiger partial charge in [-0.05, 0) is 48.9 Å². The summed E-state index contributed by atoms with van der Waals surface area (Å²) in [6.07, 6.45) is 2.02. The maximum absolute atomic E-state index is 11.7. The van der Waals surface area contributed by atoms with Crippen LogP contribution in [0.2, 0.25) is 0 Å². The van der Waals surface area contributed by atoms with Crippen LogP contribution in [0, 0.1) is 0 Å². The van der Waals surface area contributed by atoms with Crippen molar-refractivity contribution in [3.8, 4) is 17.0 Å². The summed E-state index contributed by atoms with van der Waals surface area (Å²) in [6.45, 7) is 1.25. The lowest BCUT2D eigenvalue weighted by molar-refractivity contribution is -0.116. The first kappa shape index (κ1) is 14.5. The maximum atomic E-state index is 11.7. The van der Waals surface area contributed by atoms with Crippen LogP contribution in [-0.2, 0) is 11.2 Å². The maximum Gasteiger partial charge on any atom is 0.225 e. The van der Waals surface area contributed by atoms with Crippen LogP contribution in [0.1, 0.15) is 18.4 Å². The monoisotopic (exact) mass is 297 g/mol. The van der Waals surface area contributed by atoms with Crippen LogP contribution >= 0.6 is 0 Å². The fraction of sp³-hybridized carbons (Fsp3) is 0.294. The molecule has 0 atom stereocenters. The van der Waals surface area contributed by atoms with Gasteiger partial charge in [0.1, 0.15) is 11.6 Å². The van der Waals surface area contributed by atoms with Crippen molar-refractivity contribution in [2.24, 2.45) is 5.73 Å². The zero-order chi connectivity index (χ0) is 15.4. The van der Waals surface area contributed by atoms with Gasteiger partial charge in [-0.25, -0.2) is 4.98 Å². The Hall–Kier alpha value is -2.40. The van der Waals surface area contributed by atoms with Crippen molar-refractivity contribution < 1.29 is 9.53 Å². The molecule has 0 aliphatic carbocycles. The van der Waals surface area contributed by atoms with E-state index in [1.807, 2.05) is 24.3 Å². The second kappa shape index (κ2) is 6.58. The molecule has 0 unspecified atom stereocenters. The van der Waals surface area contributed by atoms with E-state index in [0.29, 0.717) is 25.2 Å². The number of hydrogen-bond donors (Lipinski definition) is 2. The van der Waals surface area contributed by atoms with Crippen LogP contribution in [0.25, 0.3) is 11.3 Å². The third-order valence-corrected chi connectivity index (χ3v) is 3.61. The lowest BCUT2D eigenvalue weighted by atomic mass is 10.1. The number of rotatable bonds is 5. The van der Waals surface area contributed by atoms with Crippen LogP contribution in [0.4, 0.5) is 5.82 Å². The van der Waals surface area contributed by atoms with Gasteiger partial charge in [0.2, 0.25) is 5.91 Å². The largest absolute Gasteiger partial charge is 0.493 e. The van der Waals surface area contributed by atoms with E-state index in [0.717, 1.165) is 30.0 Å². The van der Waals surface area contributed by atoms with Crippen LogP contribution in [0.15, 0.2) is 36.4 Å². The molecule has 0 fully saturated rings. The first-order valence-corrected chi connectivity index (χ1v) is 7.49. The summed E-state index contributed by atoms with van der Waals surface area (Å²) in [6, 6.07) is 11.7. The van der Waals surface area contributed by atoms with Gasteiger partial charge in [0.05, 0.1) is 12.3 Å². The molecule has 0 bridgehead atoms. The molecule has 2 heterocycles. The van der Waals surface area contributed by atoms with Gasteiger partial charge in [-0.2, -0.15) is 0 Å².